The van der Waals surface area contributed by atoms with E-state index in [4.69, 9.17) is 0 Å². The first-order valence-electron chi connectivity index (χ1n) is 5.84. The highest BCUT2D eigenvalue weighted by atomic mass is 32.1. The Hall–Kier alpha value is -1.95. The van der Waals surface area contributed by atoms with Crippen molar-refractivity contribution in [3.63, 3.8) is 0 Å². The molecule has 2 rings (SSSR count). The molecular weight excluding hydrogens is 262 g/mol. The summed E-state index contributed by atoms with van der Waals surface area (Å²) >= 11 is 1.62. The highest BCUT2D eigenvalue weighted by molar-refractivity contribution is 7.09. The number of benzene rings is 1. The summed E-state index contributed by atoms with van der Waals surface area (Å²) < 4.78 is 0. The minimum absolute atomic E-state index is 0.155. The quantitative estimate of drug-likeness (QED) is 0.635. The third kappa shape index (κ3) is 3.08. The molecule has 5 nitrogen and oxygen atoms in total. The van der Waals surface area contributed by atoms with E-state index in [1.54, 1.807) is 30.4 Å². The van der Waals surface area contributed by atoms with Crippen LogP contribution in [0.5, 0.6) is 0 Å². The summed E-state index contributed by atoms with van der Waals surface area (Å²) in [7, 11) is 1.96. The lowest BCUT2D eigenvalue weighted by atomic mass is 10.1. The second-order valence-electron chi connectivity index (χ2n) is 4.47. The average molecular weight is 277 g/mol. The van der Waals surface area contributed by atoms with Gasteiger partial charge in [0, 0.05) is 35.4 Å². The highest BCUT2D eigenvalue weighted by Gasteiger charge is 2.12. The van der Waals surface area contributed by atoms with Crippen LogP contribution in [0.1, 0.15) is 16.3 Å². The number of nitrogens with zero attached hydrogens (tertiary/aromatic N) is 3. The molecule has 0 N–H and O–H groups in total. The van der Waals surface area contributed by atoms with E-state index >= 15 is 0 Å². The molecule has 0 spiro atoms. The SMILES string of the molecule is Cc1csc(CN(C)c2ccc([N+](=O)[O-])c(C)c2)n1. The number of rotatable bonds is 4. The molecule has 0 aliphatic carbocycles. The highest BCUT2D eigenvalue weighted by Crippen LogP contribution is 2.24. The average Bonchev–Trinajstić information content (AvgIpc) is 2.74. The summed E-state index contributed by atoms with van der Waals surface area (Å²) in [5.74, 6) is 0. The van der Waals surface area contributed by atoms with Crippen molar-refractivity contribution in [1.82, 2.24) is 4.98 Å². The second-order valence-corrected chi connectivity index (χ2v) is 5.41. The Kier molecular flexibility index (Phi) is 3.80. The summed E-state index contributed by atoms with van der Waals surface area (Å²) in [5, 5.41) is 13.8. The molecule has 100 valence electrons. The summed E-state index contributed by atoms with van der Waals surface area (Å²) in [6.07, 6.45) is 0. The van der Waals surface area contributed by atoms with Crippen molar-refractivity contribution in [3.8, 4) is 0 Å². The predicted molar refractivity (Wildman–Crippen MR) is 76.8 cm³/mol. The van der Waals surface area contributed by atoms with Gasteiger partial charge in [0.1, 0.15) is 5.01 Å². The predicted octanol–water partition coefficient (Wildman–Crippen LogP) is 3.30. The van der Waals surface area contributed by atoms with Crippen LogP contribution in [0, 0.1) is 24.0 Å². The minimum Gasteiger partial charge on any atom is -0.368 e. The third-order valence-corrected chi connectivity index (χ3v) is 3.81. The van der Waals surface area contributed by atoms with Crippen LogP contribution in [0.4, 0.5) is 11.4 Å². The first-order chi connectivity index (χ1) is 8.97. The van der Waals surface area contributed by atoms with Crippen molar-refractivity contribution in [2.45, 2.75) is 20.4 Å². The van der Waals surface area contributed by atoms with Crippen LogP contribution in [-0.4, -0.2) is 17.0 Å². The second kappa shape index (κ2) is 5.36. The zero-order chi connectivity index (χ0) is 14.0. The molecule has 0 radical (unpaired) electrons. The van der Waals surface area contributed by atoms with E-state index in [2.05, 4.69) is 4.98 Å². The molecule has 0 amide bonds. The molecule has 0 saturated carbocycles. The van der Waals surface area contributed by atoms with Gasteiger partial charge in [-0.2, -0.15) is 0 Å². The maximum atomic E-state index is 10.8. The Labute approximate surface area is 115 Å². The normalized spacial score (nSPS) is 10.5. The molecule has 6 heteroatoms. The van der Waals surface area contributed by atoms with Crippen molar-refractivity contribution in [2.75, 3.05) is 11.9 Å². The van der Waals surface area contributed by atoms with Crippen LogP contribution in [0.2, 0.25) is 0 Å². The van der Waals surface area contributed by atoms with Crippen LogP contribution in [0.3, 0.4) is 0 Å². The number of thiazole rings is 1. The number of anilines is 1. The Morgan fingerprint density at radius 1 is 1.42 bits per heavy atom. The fourth-order valence-corrected chi connectivity index (χ4v) is 2.68. The van der Waals surface area contributed by atoms with Crippen molar-refractivity contribution < 1.29 is 4.92 Å². The Morgan fingerprint density at radius 3 is 2.68 bits per heavy atom. The standard InChI is InChI=1S/C13H15N3O2S/c1-9-6-11(4-5-12(9)16(17)18)15(3)7-13-14-10(2)8-19-13/h4-6,8H,7H2,1-3H3. The Morgan fingerprint density at radius 2 is 2.16 bits per heavy atom. The van der Waals surface area contributed by atoms with Gasteiger partial charge in [0.25, 0.3) is 5.69 Å². The first-order valence-corrected chi connectivity index (χ1v) is 6.72. The molecule has 0 unspecified atom stereocenters. The van der Waals surface area contributed by atoms with E-state index in [1.807, 2.05) is 30.3 Å². The van der Waals surface area contributed by atoms with E-state index in [-0.39, 0.29) is 10.6 Å². The van der Waals surface area contributed by atoms with Crippen molar-refractivity contribution in [1.29, 1.82) is 0 Å². The summed E-state index contributed by atoms with van der Waals surface area (Å²) in [6, 6.07) is 5.15. The zero-order valence-electron chi connectivity index (χ0n) is 11.1. The molecule has 1 aromatic heterocycles. The summed E-state index contributed by atoms with van der Waals surface area (Å²) in [5.41, 5.74) is 2.80. The maximum Gasteiger partial charge on any atom is 0.272 e. The number of nitro groups is 1. The lowest BCUT2D eigenvalue weighted by Gasteiger charge is -2.18. The Bertz CT molecular complexity index is 610. The van der Waals surface area contributed by atoms with Crippen molar-refractivity contribution in [3.05, 3.63) is 50.0 Å². The number of aromatic nitrogens is 1. The van der Waals surface area contributed by atoms with Crippen LogP contribution >= 0.6 is 11.3 Å². The van der Waals surface area contributed by atoms with Gasteiger partial charge in [-0.15, -0.1) is 11.3 Å². The van der Waals surface area contributed by atoms with E-state index in [0.717, 1.165) is 16.4 Å². The monoisotopic (exact) mass is 277 g/mol. The van der Waals surface area contributed by atoms with Gasteiger partial charge in [-0.25, -0.2) is 4.98 Å². The fourth-order valence-electron chi connectivity index (χ4n) is 1.85. The van der Waals surface area contributed by atoms with Crippen LogP contribution < -0.4 is 4.90 Å². The minimum atomic E-state index is -0.358. The maximum absolute atomic E-state index is 10.8. The lowest BCUT2D eigenvalue weighted by molar-refractivity contribution is -0.385. The summed E-state index contributed by atoms with van der Waals surface area (Å²) in [4.78, 5) is 16.9. The van der Waals surface area contributed by atoms with Gasteiger partial charge in [-0.3, -0.25) is 10.1 Å². The van der Waals surface area contributed by atoms with E-state index in [9.17, 15) is 10.1 Å². The first kappa shape index (κ1) is 13.5. The molecule has 1 heterocycles. The van der Waals surface area contributed by atoms with Gasteiger partial charge in [-0.05, 0) is 26.0 Å². The zero-order valence-corrected chi connectivity index (χ0v) is 11.9. The third-order valence-electron chi connectivity index (χ3n) is 2.86. The van der Waals surface area contributed by atoms with E-state index in [1.165, 1.54) is 0 Å². The lowest BCUT2D eigenvalue weighted by Crippen LogP contribution is -2.16. The molecule has 1 aromatic carbocycles. The van der Waals surface area contributed by atoms with Gasteiger partial charge in [0.05, 0.1) is 11.5 Å². The van der Waals surface area contributed by atoms with E-state index in [0.29, 0.717) is 12.1 Å². The Balaban J connectivity index is 2.17. The number of nitro benzene ring substituents is 1. The van der Waals surface area contributed by atoms with Crippen LogP contribution in [0.25, 0.3) is 0 Å². The largest absolute Gasteiger partial charge is 0.368 e. The molecule has 0 saturated heterocycles. The van der Waals surface area contributed by atoms with Gasteiger partial charge in [0.2, 0.25) is 0 Å². The fraction of sp³-hybridized carbons (Fsp3) is 0.308. The van der Waals surface area contributed by atoms with Gasteiger partial charge < -0.3 is 4.90 Å². The number of aryl methyl sites for hydroxylation is 2. The van der Waals surface area contributed by atoms with Crippen molar-refractivity contribution >= 4 is 22.7 Å². The molecule has 0 aliphatic rings. The van der Waals surface area contributed by atoms with Gasteiger partial charge in [0.15, 0.2) is 0 Å². The topological polar surface area (TPSA) is 59.3 Å². The van der Waals surface area contributed by atoms with E-state index < -0.39 is 0 Å². The molecule has 0 aliphatic heterocycles. The molecule has 2 aromatic rings. The summed E-state index contributed by atoms with van der Waals surface area (Å²) in [6.45, 7) is 4.43. The number of hydrogen-bond acceptors (Lipinski definition) is 5. The smallest absolute Gasteiger partial charge is 0.272 e. The van der Waals surface area contributed by atoms with Crippen molar-refractivity contribution in [2.24, 2.45) is 0 Å². The molecule has 19 heavy (non-hydrogen) atoms. The number of hydrogen-bond donors (Lipinski definition) is 0. The molecule has 0 bridgehead atoms. The van der Waals surface area contributed by atoms with Crippen LogP contribution in [-0.2, 0) is 6.54 Å². The van der Waals surface area contributed by atoms with Gasteiger partial charge >= 0.3 is 0 Å². The van der Waals surface area contributed by atoms with Crippen LogP contribution in [0.15, 0.2) is 23.6 Å². The molecular formula is C13H15N3O2S. The molecule has 0 atom stereocenters. The molecule has 0 fully saturated rings. The van der Waals surface area contributed by atoms with Gasteiger partial charge in [-0.1, -0.05) is 0 Å².